The van der Waals surface area contributed by atoms with Crippen LogP contribution in [-0.4, -0.2) is 17.6 Å². The summed E-state index contributed by atoms with van der Waals surface area (Å²) in [6, 6.07) is 2.58. The van der Waals surface area contributed by atoms with Crippen molar-refractivity contribution in [2.75, 3.05) is 11.9 Å². The molecule has 0 spiro atoms. The summed E-state index contributed by atoms with van der Waals surface area (Å²) in [6.45, 7) is 2.85. The molecule has 2 rings (SSSR count). The Labute approximate surface area is 111 Å². The van der Waals surface area contributed by atoms with Gasteiger partial charge in [0.05, 0.1) is 0 Å². The molecule has 0 aromatic carbocycles. The Bertz CT molecular complexity index is 381. The highest BCUT2D eigenvalue weighted by atomic mass is 79.9. The monoisotopic (exact) mass is 297 g/mol. The Morgan fingerprint density at radius 1 is 1.47 bits per heavy atom. The third-order valence-corrected chi connectivity index (χ3v) is 4.01. The van der Waals surface area contributed by atoms with Crippen molar-refractivity contribution in [2.24, 2.45) is 11.7 Å². The largest absolute Gasteiger partial charge is 0.367 e. The lowest BCUT2D eigenvalue weighted by atomic mass is 9.84. The molecule has 3 nitrogen and oxygen atoms in total. The molecule has 1 aliphatic carbocycles. The van der Waals surface area contributed by atoms with Gasteiger partial charge in [0, 0.05) is 16.7 Å². The first-order chi connectivity index (χ1) is 8.20. The topological polar surface area (TPSA) is 50.9 Å². The van der Waals surface area contributed by atoms with Gasteiger partial charge < -0.3 is 11.1 Å². The molecule has 0 bridgehead atoms. The minimum absolute atomic E-state index is 0.487. The van der Waals surface area contributed by atoms with Gasteiger partial charge in [0.1, 0.15) is 5.82 Å². The van der Waals surface area contributed by atoms with E-state index in [-0.39, 0.29) is 0 Å². The Morgan fingerprint density at radius 2 is 2.24 bits per heavy atom. The lowest BCUT2D eigenvalue weighted by Crippen LogP contribution is -2.37. The average Bonchev–Trinajstić information content (AvgIpc) is 2.33. The van der Waals surface area contributed by atoms with E-state index in [1.54, 1.807) is 0 Å². The van der Waals surface area contributed by atoms with Crippen molar-refractivity contribution in [3.63, 3.8) is 0 Å². The van der Waals surface area contributed by atoms with Crippen LogP contribution in [0, 0.1) is 12.8 Å². The predicted molar refractivity (Wildman–Crippen MR) is 75.1 cm³/mol. The molecular formula is C13H20BrN3. The maximum atomic E-state index is 5.84. The number of hydrogen-bond acceptors (Lipinski definition) is 3. The lowest BCUT2D eigenvalue weighted by molar-refractivity contribution is 0.332. The van der Waals surface area contributed by atoms with Crippen molar-refractivity contribution in [2.45, 2.75) is 38.6 Å². The molecule has 0 radical (unpaired) electrons. The molecule has 1 fully saturated rings. The molecule has 4 heteroatoms. The molecule has 0 amide bonds. The lowest BCUT2D eigenvalue weighted by Gasteiger charge is -2.32. The smallest absolute Gasteiger partial charge is 0.129 e. The summed E-state index contributed by atoms with van der Waals surface area (Å²) in [4.78, 5) is 4.44. The molecule has 3 N–H and O–H groups in total. The van der Waals surface area contributed by atoms with Gasteiger partial charge in [0.25, 0.3) is 0 Å². The van der Waals surface area contributed by atoms with Crippen LogP contribution in [0.5, 0.6) is 0 Å². The summed E-state index contributed by atoms with van der Waals surface area (Å²) in [5.41, 5.74) is 7.02. The van der Waals surface area contributed by atoms with E-state index >= 15 is 0 Å². The fraction of sp³-hybridized carbons (Fsp3) is 0.615. The number of rotatable bonds is 3. The zero-order valence-electron chi connectivity index (χ0n) is 10.2. The van der Waals surface area contributed by atoms with Crippen molar-refractivity contribution in [1.29, 1.82) is 0 Å². The van der Waals surface area contributed by atoms with E-state index in [1.165, 1.54) is 31.2 Å². The van der Waals surface area contributed by atoms with Crippen molar-refractivity contribution < 1.29 is 0 Å². The fourth-order valence-corrected chi connectivity index (χ4v) is 2.99. The summed E-state index contributed by atoms with van der Waals surface area (Å²) in [7, 11) is 0. The number of nitrogens with two attached hydrogens (primary N) is 1. The van der Waals surface area contributed by atoms with Crippen LogP contribution in [0.2, 0.25) is 0 Å². The number of hydrogen-bond donors (Lipinski definition) is 2. The summed E-state index contributed by atoms with van der Waals surface area (Å²) in [5.74, 6) is 1.59. The Balaban J connectivity index is 2.08. The number of pyridine rings is 1. The van der Waals surface area contributed by atoms with E-state index in [0.29, 0.717) is 12.0 Å². The van der Waals surface area contributed by atoms with E-state index in [9.17, 15) is 0 Å². The minimum atomic E-state index is 0.487. The third kappa shape index (κ3) is 3.19. The maximum absolute atomic E-state index is 5.84. The summed E-state index contributed by atoms with van der Waals surface area (Å²) in [6.07, 6.45) is 6.90. The van der Waals surface area contributed by atoms with Gasteiger partial charge in [0.15, 0.2) is 0 Å². The predicted octanol–water partition coefficient (Wildman–Crippen LogP) is 3.08. The zero-order valence-corrected chi connectivity index (χ0v) is 11.8. The van der Waals surface area contributed by atoms with Crippen LogP contribution in [0.15, 0.2) is 16.7 Å². The highest BCUT2D eigenvalue weighted by Gasteiger charge is 2.24. The van der Waals surface area contributed by atoms with Gasteiger partial charge >= 0.3 is 0 Å². The normalized spacial score (nSPS) is 24.6. The van der Waals surface area contributed by atoms with Crippen molar-refractivity contribution in [1.82, 2.24) is 4.98 Å². The fourth-order valence-electron chi connectivity index (χ4n) is 2.55. The Hall–Kier alpha value is -0.610. The van der Waals surface area contributed by atoms with Gasteiger partial charge in [-0.3, -0.25) is 0 Å². The first-order valence-electron chi connectivity index (χ1n) is 6.29. The first-order valence-corrected chi connectivity index (χ1v) is 7.08. The Morgan fingerprint density at radius 3 is 2.94 bits per heavy atom. The number of anilines is 1. The molecule has 1 aliphatic rings. The molecular weight excluding hydrogens is 278 g/mol. The molecule has 2 atom stereocenters. The molecule has 94 valence electrons. The average molecular weight is 298 g/mol. The van der Waals surface area contributed by atoms with Crippen LogP contribution in [0.1, 0.15) is 31.2 Å². The van der Waals surface area contributed by atoms with Crippen LogP contribution < -0.4 is 11.1 Å². The van der Waals surface area contributed by atoms with E-state index in [0.717, 1.165) is 16.8 Å². The number of aryl methyl sites for hydroxylation is 1. The molecule has 1 saturated carbocycles. The van der Waals surface area contributed by atoms with E-state index in [4.69, 9.17) is 5.73 Å². The van der Waals surface area contributed by atoms with Crippen LogP contribution in [0.4, 0.5) is 5.82 Å². The SMILES string of the molecule is Cc1cc(Br)cnc1NC1CCCCC1CN. The number of nitrogens with one attached hydrogen (secondary N) is 1. The summed E-state index contributed by atoms with van der Waals surface area (Å²) in [5, 5.41) is 3.57. The van der Waals surface area contributed by atoms with Gasteiger partial charge in [-0.05, 0) is 59.8 Å². The molecule has 1 aromatic heterocycles. The van der Waals surface area contributed by atoms with Gasteiger partial charge in [-0.2, -0.15) is 0 Å². The second-order valence-corrected chi connectivity index (χ2v) is 5.77. The van der Waals surface area contributed by atoms with Crippen molar-refractivity contribution in [3.05, 3.63) is 22.3 Å². The quantitative estimate of drug-likeness (QED) is 0.901. The highest BCUT2D eigenvalue weighted by molar-refractivity contribution is 9.10. The van der Waals surface area contributed by atoms with E-state index in [1.807, 2.05) is 6.20 Å². The van der Waals surface area contributed by atoms with Crippen LogP contribution in [-0.2, 0) is 0 Å². The van der Waals surface area contributed by atoms with Crippen molar-refractivity contribution in [3.8, 4) is 0 Å². The molecule has 0 aliphatic heterocycles. The number of halogens is 1. The second kappa shape index (κ2) is 5.83. The summed E-state index contributed by atoms with van der Waals surface area (Å²) < 4.78 is 1.03. The molecule has 0 saturated heterocycles. The third-order valence-electron chi connectivity index (χ3n) is 3.58. The molecule has 1 heterocycles. The zero-order chi connectivity index (χ0) is 12.3. The van der Waals surface area contributed by atoms with Crippen LogP contribution in [0.25, 0.3) is 0 Å². The number of aromatic nitrogens is 1. The second-order valence-electron chi connectivity index (χ2n) is 4.85. The van der Waals surface area contributed by atoms with Gasteiger partial charge in [-0.1, -0.05) is 12.8 Å². The first kappa shape index (κ1) is 12.8. The highest BCUT2D eigenvalue weighted by Crippen LogP contribution is 2.27. The van der Waals surface area contributed by atoms with Gasteiger partial charge in [-0.25, -0.2) is 4.98 Å². The summed E-state index contributed by atoms with van der Waals surface area (Å²) >= 11 is 3.44. The van der Waals surface area contributed by atoms with Crippen LogP contribution >= 0.6 is 15.9 Å². The number of nitrogens with zero attached hydrogens (tertiary/aromatic N) is 1. The maximum Gasteiger partial charge on any atom is 0.129 e. The van der Waals surface area contributed by atoms with Crippen LogP contribution in [0.3, 0.4) is 0 Å². The molecule has 2 unspecified atom stereocenters. The van der Waals surface area contributed by atoms with E-state index in [2.05, 4.69) is 39.2 Å². The minimum Gasteiger partial charge on any atom is -0.367 e. The molecule has 1 aromatic rings. The van der Waals surface area contributed by atoms with Gasteiger partial charge in [0.2, 0.25) is 0 Å². The van der Waals surface area contributed by atoms with Gasteiger partial charge in [-0.15, -0.1) is 0 Å². The standard InChI is InChI=1S/C13H20BrN3/c1-9-6-11(14)8-16-13(9)17-12-5-3-2-4-10(12)7-15/h6,8,10,12H,2-5,7,15H2,1H3,(H,16,17). The Kier molecular flexibility index (Phi) is 4.40. The molecule has 17 heavy (non-hydrogen) atoms. The van der Waals surface area contributed by atoms with Crippen molar-refractivity contribution >= 4 is 21.7 Å². The van der Waals surface area contributed by atoms with E-state index < -0.39 is 0 Å².